The van der Waals surface area contributed by atoms with Crippen LogP contribution in [0.15, 0.2) is 0 Å². The largest absolute Gasteiger partial charge is 0.471 e. The molecule has 0 spiro atoms. The highest BCUT2D eigenvalue weighted by atomic mass is 19.4. The van der Waals surface area contributed by atoms with E-state index in [4.69, 9.17) is 0 Å². The molecule has 0 N–H and O–H groups in total. The van der Waals surface area contributed by atoms with Crippen molar-refractivity contribution in [2.45, 2.75) is 44.7 Å². The Balaban J connectivity index is 1.80. The second kappa shape index (κ2) is 4.67. The smallest absolute Gasteiger partial charge is 0.334 e. The zero-order chi connectivity index (χ0) is 13.6. The number of nitrogens with zero attached hydrogens (tertiary/aromatic N) is 1. The van der Waals surface area contributed by atoms with Crippen molar-refractivity contribution in [3.63, 3.8) is 0 Å². The lowest BCUT2D eigenvalue weighted by atomic mass is 9.62. The highest BCUT2D eigenvalue weighted by Gasteiger charge is 2.49. The van der Waals surface area contributed by atoms with E-state index < -0.39 is 12.1 Å². The van der Waals surface area contributed by atoms with Crippen LogP contribution in [0.2, 0.25) is 0 Å². The molecular formula is C14H20F3NO. The molecule has 2 saturated carbocycles. The number of amides is 1. The van der Waals surface area contributed by atoms with Crippen LogP contribution in [0.5, 0.6) is 0 Å². The summed E-state index contributed by atoms with van der Waals surface area (Å²) in [6.45, 7) is 0.659. The molecule has 2 saturated heterocycles. The van der Waals surface area contributed by atoms with Gasteiger partial charge in [-0.25, -0.2) is 0 Å². The van der Waals surface area contributed by atoms with Crippen LogP contribution < -0.4 is 0 Å². The van der Waals surface area contributed by atoms with Crippen molar-refractivity contribution in [2.24, 2.45) is 23.7 Å². The summed E-state index contributed by atoms with van der Waals surface area (Å²) in [7, 11) is 0. The maximum atomic E-state index is 12.6. The highest BCUT2D eigenvalue weighted by Crippen LogP contribution is 2.49. The van der Waals surface area contributed by atoms with E-state index >= 15 is 0 Å². The van der Waals surface area contributed by atoms with Crippen molar-refractivity contribution in [1.82, 2.24) is 4.90 Å². The predicted molar refractivity (Wildman–Crippen MR) is 64.3 cm³/mol. The quantitative estimate of drug-likeness (QED) is 0.664. The molecule has 2 heterocycles. The Labute approximate surface area is 111 Å². The summed E-state index contributed by atoms with van der Waals surface area (Å²) in [5, 5.41) is 0. The molecule has 0 aromatic rings. The number of rotatable bonds is 0. The van der Waals surface area contributed by atoms with Gasteiger partial charge in [0.05, 0.1) is 0 Å². The summed E-state index contributed by atoms with van der Waals surface area (Å²) >= 11 is 0. The van der Waals surface area contributed by atoms with E-state index in [9.17, 15) is 18.0 Å². The number of hydrogen-bond donors (Lipinski definition) is 0. The van der Waals surface area contributed by atoms with Crippen LogP contribution in [0.3, 0.4) is 0 Å². The van der Waals surface area contributed by atoms with Gasteiger partial charge in [-0.05, 0) is 49.4 Å². The average molecular weight is 275 g/mol. The van der Waals surface area contributed by atoms with Gasteiger partial charge in [0.15, 0.2) is 0 Å². The summed E-state index contributed by atoms with van der Waals surface area (Å²) in [6, 6.07) is 0. The lowest BCUT2D eigenvalue weighted by molar-refractivity contribution is -0.186. The molecule has 4 atom stereocenters. The third-order valence-corrected chi connectivity index (χ3v) is 5.43. The molecule has 0 aromatic carbocycles. The zero-order valence-corrected chi connectivity index (χ0v) is 11.0. The molecule has 4 aliphatic rings. The molecule has 2 bridgehead atoms. The number of hydrogen-bond acceptors (Lipinski definition) is 1. The molecule has 2 aliphatic heterocycles. The summed E-state index contributed by atoms with van der Waals surface area (Å²) in [4.78, 5) is 12.6. The van der Waals surface area contributed by atoms with Gasteiger partial charge in [-0.3, -0.25) is 4.79 Å². The van der Waals surface area contributed by atoms with Gasteiger partial charge in [0.1, 0.15) is 0 Å². The van der Waals surface area contributed by atoms with Crippen molar-refractivity contribution in [2.75, 3.05) is 13.1 Å². The van der Waals surface area contributed by atoms with Gasteiger partial charge in [0, 0.05) is 13.1 Å². The normalized spacial score (nSPS) is 38.8. The topological polar surface area (TPSA) is 20.3 Å². The van der Waals surface area contributed by atoms with Crippen LogP contribution in [0.4, 0.5) is 13.2 Å². The number of fused-ring (bicyclic) bond motifs is 3. The van der Waals surface area contributed by atoms with Crippen LogP contribution >= 0.6 is 0 Å². The Hall–Kier alpha value is -0.740. The maximum Gasteiger partial charge on any atom is 0.471 e. The molecule has 4 rings (SSSR count). The van der Waals surface area contributed by atoms with E-state index in [1.807, 2.05) is 0 Å². The second-order valence-electron chi connectivity index (χ2n) is 6.42. The average Bonchev–Trinajstić information content (AvgIpc) is 2.67. The summed E-state index contributed by atoms with van der Waals surface area (Å²) in [5.41, 5.74) is 0. The Morgan fingerprint density at radius 3 is 1.79 bits per heavy atom. The van der Waals surface area contributed by atoms with E-state index in [-0.39, 0.29) is 0 Å². The van der Waals surface area contributed by atoms with Crippen LogP contribution in [0, 0.1) is 23.7 Å². The Morgan fingerprint density at radius 1 is 0.895 bits per heavy atom. The van der Waals surface area contributed by atoms with Crippen molar-refractivity contribution in [1.29, 1.82) is 0 Å². The number of carbonyl (C=O) groups is 1. The van der Waals surface area contributed by atoms with E-state index in [0.717, 1.165) is 30.6 Å². The summed E-state index contributed by atoms with van der Waals surface area (Å²) in [5.74, 6) is 0.116. The fraction of sp³-hybridized carbons (Fsp3) is 0.929. The first kappa shape index (κ1) is 13.3. The molecule has 5 heteroatoms. The SMILES string of the molecule is O=C(N1C[C@H]2CC[C@@H](C1)C1CCCCC12)C(F)(F)F. The molecule has 2 nitrogen and oxygen atoms in total. The van der Waals surface area contributed by atoms with Gasteiger partial charge in [-0.15, -0.1) is 0 Å². The minimum absolute atomic E-state index is 0.301. The maximum absolute atomic E-state index is 12.6. The van der Waals surface area contributed by atoms with Gasteiger partial charge in [-0.2, -0.15) is 13.2 Å². The molecule has 2 aliphatic carbocycles. The molecule has 1 amide bonds. The van der Waals surface area contributed by atoms with Crippen LogP contribution in [0.1, 0.15) is 38.5 Å². The molecule has 108 valence electrons. The molecular weight excluding hydrogens is 255 g/mol. The van der Waals surface area contributed by atoms with Crippen molar-refractivity contribution in [3.8, 4) is 0 Å². The van der Waals surface area contributed by atoms with Crippen LogP contribution in [-0.2, 0) is 4.79 Å². The standard InChI is InChI=1S/C14H20F3NO/c15-14(16,17)13(19)18-7-9-5-6-10(8-18)12-4-2-1-3-11(9)12/h9-12H,1-8H2/t9-,10+,11?,12?. The number of alkyl halides is 3. The first-order valence-electron chi connectivity index (χ1n) is 7.33. The predicted octanol–water partition coefficient (Wildman–Crippen LogP) is 3.22. The monoisotopic (exact) mass is 275 g/mol. The minimum atomic E-state index is -4.71. The Morgan fingerprint density at radius 2 is 1.37 bits per heavy atom. The van der Waals surface area contributed by atoms with Gasteiger partial charge in [0.25, 0.3) is 0 Å². The molecule has 2 unspecified atom stereocenters. The molecule has 19 heavy (non-hydrogen) atoms. The molecule has 0 radical (unpaired) electrons. The lowest BCUT2D eigenvalue weighted by Crippen LogP contribution is -2.43. The Bertz CT molecular complexity index is 346. The van der Waals surface area contributed by atoms with E-state index in [0.29, 0.717) is 36.8 Å². The summed E-state index contributed by atoms with van der Waals surface area (Å²) < 4.78 is 37.9. The number of carbonyl (C=O) groups excluding carboxylic acids is 1. The fourth-order valence-electron chi connectivity index (χ4n) is 4.65. The third-order valence-electron chi connectivity index (χ3n) is 5.43. The summed E-state index contributed by atoms with van der Waals surface area (Å²) in [6.07, 6.45) is 2.02. The fourth-order valence-corrected chi connectivity index (χ4v) is 4.65. The zero-order valence-electron chi connectivity index (χ0n) is 11.0. The van der Waals surface area contributed by atoms with Crippen molar-refractivity contribution >= 4 is 5.91 Å². The lowest BCUT2D eigenvalue weighted by Gasteiger charge is -2.43. The number of halogens is 3. The van der Waals surface area contributed by atoms with Gasteiger partial charge < -0.3 is 4.90 Å². The van der Waals surface area contributed by atoms with E-state index in [1.165, 1.54) is 12.8 Å². The third kappa shape index (κ3) is 2.36. The van der Waals surface area contributed by atoms with Crippen LogP contribution in [0.25, 0.3) is 0 Å². The van der Waals surface area contributed by atoms with Gasteiger partial charge in [-0.1, -0.05) is 12.8 Å². The van der Waals surface area contributed by atoms with E-state index in [2.05, 4.69) is 0 Å². The highest BCUT2D eigenvalue weighted by molar-refractivity contribution is 5.82. The van der Waals surface area contributed by atoms with Crippen molar-refractivity contribution < 1.29 is 18.0 Å². The minimum Gasteiger partial charge on any atom is -0.334 e. The Kier molecular flexibility index (Phi) is 3.26. The van der Waals surface area contributed by atoms with Crippen LogP contribution in [-0.4, -0.2) is 30.1 Å². The van der Waals surface area contributed by atoms with E-state index in [1.54, 1.807) is 0 Å². The molecule has 4 fully saturated rings. The first-order valence-corrected chi connectivity index (χ1v) is 7.33. The second-order valence-corrected chi connectivity index (χ2v) is 6.42. The van der Waals surface area contributed by atoms with Gasteiger partial charge in [0.2, 0.25) is 0 Å². The van der Waals surface area contributed by atoms with Crippen molar-refractivity contribution in [3.05, 3.63) is 0 Å². The van der Waals surface area contributed by atoms with Gasteiger partial charge >= 0.3 is 12.1 Å². The molecule has 0 aromatic heterocycles. The first-order chi connectivity index (χ1) is 8.97.